The summed E-state index contributed by atoms with van der Waals surface area (Å²) >= 11 is 0. The number of halogens is 1. The summed E-state index contributed by atoms with van der Waals surface area (Å²) < 4.78 is 20.2. The molecule has 2 N–H and O–H groups in total. The number of hydrogen-bond acceptors (Lipinski definition) is 7. The third-order valence-electron chi connectivity index (χ3n) is 2.60. The van der Waals surface area contributed by atoms with E-state index < -0.39 is 0 Å². The number of benzene rings is 1. The van der Waals surface area contributed by atoms with Gasteiger partial charge in [-0.1, -0.05) is 6.07 Å². The van der Waals surface area contributed by atoms with Gasteiger partial charge in [0.15, 0.2) is 0 Å². The van der Waals surface area contributed by atoms with Gasteiger partial charge in [-0.2, -0.15) is 24.7 Å². The highest BCUT2D eigenvalue weighted by Gasteiger charge is 2.10. The number of nitrogens with two attached hydrogens (primary N) is 1. The highest BCUT2D eigenvalue weighted by atomic mass is 19.1. The molecule has 2 aromatic heterocycles. The number of aryl methyl sites for hydroxylation is 1. The Labute approximate surface area is 118 Å². The predicted octanol–water partition coefficient (Wildman–Crippen LogP) is 1.27. The molecule has 0 saturated carbocycles. The van der Waals surface area contributed by atoms with E-state index in [-0.39, 0.29) is 29.5 Å². The Balaban J connectivity index is 1.93. The summed E-state index contributed by atoms with van der Waals surface area (Å²) in [7, 11) is 0. The van der Waals surface area contributed by atoms with Crippen molar-refractivity contribution in [2.24, 2.45) is 0 Å². The number of aromatic nitrogens is 6. The van der Waals surface area contributed by atoms with Gasteiger partial charge >= 0.3 is 6.01 Å². The minimum absolute atomic E-state index is 0.0434. The standard InChI is InChI=1S/C12H10FN7O/c1-7-2-3-8(4-9(7)13)21-12-18-10(14)17-11(19-12)20-6-15-5-16-20/h2-6H,1H3,(H2,14,17,18,19). The van der Waals surface area contributed by atoms with Gasteiger partial charge in [0, 0.05) is 6.07 Å². The third kappa shape index (κ3) is 2.76. The van der Waals surface area contributed by atoms with E-state index in [1.165, 1.54) is 23.4 Å². The number of ether oxygens (including phenoxy) is 1. The summed E-state index contributed by atoms with van der Waals surface area (Å²) in [6, 6.07) is 4.38. The van der Waals surface area contributed by atoms with E-state index in [2.05, 4.69) is 25.0 Å². The van der Waals surface area contributed by atoms with Crippen molar-refractivity contribution in [1.82, 2.24) is 29.7 Å². The smallest absolute Gasteiger partial charge is 0.328 e. The fourth-order valence-corrected chi connectivity index (χ4v) is 1.56. The molecular weight excluding hydrogens is 277 g/mol. The van der Waals surface area contributed by atoms with Crippen molar-refractivity contribution in [1.29, 1.82) is 0 Å². The van der Waals surface area contributed by atoms with Gasteiger partial charge in [0.25, 0.3) is 5.95 Å². The Morgan fingerprint density at radius 1 is 1.24 bits per heavy atom. The zero-order chi connectivity index (χ0) is 14.8. The van der Waals surface area contributed by atoms with Crippen molar-refractivity contribution < 1.29 is 9.13 Å². The molecule has 0 saturated heterocycles. The second-order valence-corrected chi connectivity index (χ2v) is 4.13. The van der Waals surface area contributed by atoms with Crippen LogP contribution in [0.1, 0.15) is 5.56 Å². The molecule has 0 aliphatic carbocycles. The molecule has 0 radical (unpaired) electrons. The van der Waals surface area contributed by atoms with E-state index in [1.54, 1.807) is 19.1 Å². The van der Waals surface area contributed by atoms with Crippen LogP contribution in [0, 0.1) is 12.7 Å². The van der Waals surface area contributed by atoms with Crippen molar-refractivity contribution >= 4 is 5.95 Å². The molecule has 0 bridgehead atoms. The first-order chi connectivity index (χ1) is 10.1. The Hall–Kier alpha value is -3.10. The van der Waals surface area contributed by atoms with E-state index >= 15 is 0 Å². The molecule has 0 spiro atoms. The average molecular weight is 287 g/mol. The molecule has 3 aromatic rings. The first-order valence-corrected chi connectivity index (χ1v) is 5.92. The lowest BCUT2D eigenvalue weighted by Gasteiger charge is -2.06. The first-order valence-electron chi connectivity index (χ1n) is 5.92. The molecule has 0 amide bonds. The van der Waals surface area contributed by atoms with Gasteiger partial charge in [-0.15, -0.1) is 0 Å². The lowest BCUT2D eigenvalue weighted by molar-refractivity contribution is 0.434. The molecular formula is C12H10FN7O. The van der Waals surface area contributed by atoms with Crippen LogP contribution in [0.5, 0.6) is 11.8 Å². The zero-order valence-electron chi connectivity index (χ0n) is 10.9. The quantitative estimate of drug-likeness (QED) is 0.773. The topological polar surface area (TPSA) is 105 Å². The lowest BCUT2D eigenvalue weighted by atomic mass is 10.2. The molecule has 3 rings (SSSR count). The van der Waals surface area contributed by atoms with Gasteiger partial charge < -0.3 is 10.5 Å². The summed E-state index contributed by atoms with van der Waals surface area (Å²) in [6.45, 7) is 1.66. The van der Waals surface area contributed by atoms with Crippen LogP contribution in [0.3, 0.4) is 0 Å². The van der Waals surface area contributed by atoms with E-state index in [4.69, 9.17) is 10.5 Å². The largest absolute Gasteiger partial charge is 0.424 e. The second-order valence-electron chi connectivity index (χ2n) is 4.13. The Kier molecular flexibility index (Phi) is 3.14. The van der Waals surface area contributed by atoms with Crippen molar-refractivity contribution in [2.75, 3.05) is 5.73 Å². The summed E-state index contributed by atoms with van der Waals surface area (Å²) in [5, 5.41) is 3.88. The normalized spacial score (nSPS) is 10.6. The van der Waals surface area contributed by atoms with Gasteiger partial charge in [-0.25, -0.2) is 9.37 Å². The van der Waals surface area contributed by atoms with Gasteiger partial charge in [-0.05, 0) is 18.6 Å². The lowest BCUT2D eigenvalue weighted by Crippen LogP contribution is -2.08. The Morgan fingerprint density at radius 3 is 2.81 bits per heavy atom. The molecule has 9 heteroatoms. The number of anilines is 1. The number of nitrogens with zero attached hydrogens (tertiary/aromatic N) is 6. The minimum Gasteiger partial charge on any atom is -0.424 e. The molecule has 2 heterocycles. The summed E-state index contributed by atoms with van der Waals surface area (Å²) in [5.41, 5.74) is 6.11. The van der Waals surface area contributed by atoms with Crippen LogP contribution in [0.4, 0.5) is 10.3 Å². The van der Waals surface area contributed by atoms with Crippen LogP contribution in [-0.4, -0.2) is 29.7 Å². The van der Waals surface area contributed by atoms with Crippen molar-refractivity contribution in [3.8, 4) is 17.7 Å². The van der Waals surface area contributed by atoms with Crippen LogP contribution >= 0.6 is 0 Å². The summed E-state index contributed by atoms with van der Waals surface area (Å²) in [4.78, 5) is 15.6. The monoisotopic (exact) mass is 287 g/mol. The maximum absolute atomic E-state index is 13.5. The fourth-order valence-electron chi connectivity index (χ4n) is 1.56. The molecule has 8 nitrogen and oxygen atoms in total. The van der Waals surface area contributed by atoms with Gasteiger partial charge in [0.05, 0.1) is 0 Å². The second kappa shape index (κ2) is 5.12. The molecule has 0 aliphatic rings. The highest BCUT2D eigenvalue weighted by molar-refractivity contribution is 5.31. The molecule has 21 heavy (non-hydrogen) atoms. The molecule has 0 atom stereocenters. The Bertz CT molecular complexity index is 775. The van der Waals surface area contributed by atoms with Crippen LogP contribution in [0.15, 0.2) is 30.9 Å². The van der Waals surface area contributed by atoms with Gasteiger partial charge in [0.1, 0.15) is 24.2 Å². The van der Waals surface area contributed by atoms with Gasteiger partial charge in [0.2, 0.25) is 5.95 Å². The summed E-state index contributed by atoms with van der Waals surface area (Å²) in [5.74, 6) is -0.0139. The van der Waals surface area contributed by atoms with Gasteiger partial charge in [-0.3, -0.25) is 0 Å². The first kappa shape index (κ1) is 12.9. The summed E-state index contributed by atoms with van der Waals surface area (Å²) in [6.07, 6.45) is 2.74. The molecule has 0 unspecified atom stereocenters. The fraction of sp³-hybridized carbons (Fsp3) is 0.0833. The SMILES string of the molecule is Cc1ccc(Oc2nc(N)nc(-n3cncn3)n2)cc1F. The molecule has 106 valence electrons. The Morgan fingerprint density at radius 2 is 2.10 bits per heavy atom. The number of hydrogen-bond donors (Lipinski definition) is 1. The molecule has 1 aromatic carbocycles. The van der Waals surface area contributed by atoms with Crippen molar-refractivity contribution in [2.45, 2.75) is 6.92 Å². The van der Waals surface area contributed by atoms with Crippen LogP contribution in [-0.2, 0) is 0 Å². The van der Waals surface area contributed by atoms with E-state index in [1.807, 2.05) is 0 Å². The molecule has 0 fully saturated rings. The maximum atomic E-state index is 13.5. The van der Waals surface area contributed by atoms with E-state index in [9.17, 15) is 4.39 Å². The van der Waals surface area contributed by atoms with E-state index in [0.717, 1.165) is 0 Å². The number of nitrogen functional groups attached to an aromatic ring is 1. The maximum Gasteiger partial charge on any atom is 0.328 e. The van der Waals surface area contributed by atoms with Crippen LogP contribution in [0.25, 0.3) is 5.95 Å². The number of rotatable bonds is 3. The van der Waals surface area contributed by atoms with Crippen molar-refractivity contribution in [3.63, 3.8) is 0 Å². The van der Waals surface area contributed by atoms with Crippen LogP contribution < -0.4 is 10.5 Å². The van der Waals surface area contributed by atoms with E-state index in [0.29, 0.717) is 5.56 Å². The predicted molar refractivity (Wildman–Crippen MR) is 70.4 cm³/mol. The van der Waals surface area contributed by atoms with Crippen LogP contribution in [0.2, 0.25) is 0 Å². The average Bonchev–Trinajstić information content (AvgIpc) is 2.96. The third-order valence-corrected chi connectivity index (χ3v) is 2.60. The minimum atomic E-state index is -0.383. The zero-order valence-corrected chi connectivity index (χ0v) is 10.9. The van der Waals surface area contributed by atoms with Crippen molar-refractivity contribution in [3.05, 3.63) is 42.2 Å². The highest BCUT2D eigenvalue weighted by Crippen LogP contribution is 2.21. The molecule has 0 aliphatic heterocycles.